The summed E-state index contributed by atoms with van der Waals surface area (Å²) in [6, 6.07) is 5.10. The van der Waals surface area contributed by atoms with E-state index in [1.165, 1.54) is 0 Å². The van der Waals surface area contributed by atoms with E-state index in [2.05, 4.69) is 4.90 Å². The van der Waals surface area contributed by atoms with E-state index < -0.39 is 6.10 Å². The summed E-state index contributed by atoms with van der Waals surface area (Å²) in [5.41, 5.74) is 0.669. The number of hydrogen-bond acceptors (Lipinski definition) is 3. The maximum Gasteiger partial charge on any atom is 0.135 e. The van der Waals surface area contributed by atoms with Crippen molar-refractivity contribution in [3.05, 3.63) is 33.8 Å². The summed E-state index contributed by atoms with van der Waals surface area (Å²) < 4.78 is 0. The molecule has 0 spiro atoms. The third-order valence-corrected chi connectivity index (χ3v) is 4.03. The number of carbonyl (C=O) groups is 1. The highest BCUT2D eigenvalue weighted by molar-refractivity contribution is 6.33. The number of likely N-dealkylation sites (tertiary alicyclic amines) is 1. The molecule has 5 heteroatoms. The van der Waals surface area contributed by atoms with E-state index in [4.69, 9.17) is 23.2 Å². The number of benzene rings is 1. The molecule has 1 aromatic carbocycles. The standard InChI is InChI=1S/C14H17Cl2NO2/c15-10-1-2-13(16)12(9-10)14(19)5-8-17-6-3-11(18)4-7-17/h1-2,9,14,19H,3-8H2. The molecular weight excluding hydrogens is 285 g/mol. The van der Waals surface area contributed by atoms with Gasteiger partial charge in [-0.1, -0.05) is 23.2 Å². The Balaban J connectivity index is 1.88. The Morgan fingerprint density at radius 1 is 1.26 bits per heavy atom. The SMILES string of the molecule is O=C1CCN(CCC(O)c2cc(Cl)ccc2Cl)CC1. The summed E-state index contributed by atoms with van der Waals surface area (Å²) in [6.45, 7) is 2.33. The van der Waals surface area contributed by atoms with Gasteiger partial charge in [-0.2, -0.15) is 0 Å². The van der Waals surface area contributed by atoms with Crippen LogP contribution in [0, 0.1) is 0 Å². The molecular formula is C14H17Cl2NO2. The van der Waals surface area contributed by atoms with Crippen LogP contribution in [0.5, 0.6) is 0 Å². The van der Waals surface area contributed by atoms with Crippen molar-refractivity contribution in [2.24, 2.45) is 0 Å². The molecule has 0 saturated carbocycles. The Labute approximate surface area is 123 Å². The maximum atomic E-state index is 11.1. The second-order valence-corrected chi connectivity index (χ2v) is 5.69. The monoisotopic (exact) mass is 301 g/mol. The van der Waals surface area contributed by atoms with E-state index in [0.717, 1.165) is 19.6 Å². The van der Waals surface area contributed by atoms with Crippen molar-refractivity contribution in [3.63, 3.8) is 0 Å². The molecule has 0 aliphatic carbocycles. The van der Waals surface area contributed by atoms with Gasteiger partial charge in [0.05, 0.1) is 6.10 Å². The Bertz CT molecular complexity index is 455. The molecule has 0 bridgehead atoms. The van der Waals surface area contributed by atoms with Crippen LogP contribution in [0.1, 0.15) is 30.9 Å². The van der Waals surface area contributed by atoms with Gasteiger partial charge in [-0.3, -0.25) is 4.79 Å². The molecule has 0 amide bonds. The van der Waals surface area contributed by atoms with E-state index in [-0.39, 0.29) is 0 Å². The first kappa shape index (κ1) is 14.8. The van der Waals surface area contributed by atoms with Crippen molar-refractivity contribution in [2.75, 3.05) is 19.6 Å². The minimum atomic E-state index is -0.621. The molecule has 3 nitrogen and oxygen atoms in total. The zero-order valence-corrected chi connectivity index (χ0v) is 12.1. The quantitative estimate of drug-likeness (QED) is 0.929. The van der Waals surface area contributed by atoms with E-state index in [1.807, 2.05) is 0 Å². The summed E-state index contributed by atoms with van der Waals surface area (Å²) in [4.78, 5) is 13.3. The number of rotatable bonds is 4. The number of piperidine rings is 1. The van der Waals surface area contributed by atoms with Gasteiger partial charge < -0.3 is 10.0 Å². The second-order valence-electron chi connectivity index (χ2n) is 4.85. The summed E-state index contributed by atoms with van der Waals surface area (Å²) in [7, 11) is 0. The van der Waals surface area contributed by atoms with Crippen LogP contribution in [0.25, 0.3) is 0 Å². The molecule has 1 aliphatic rings. The highest BCUT2D eigenvalue weighted by Gasteiger charge is 2.18. The molecule has 1 N–H and O–H groups in total. The van der Waals surface area contributed by atoms with Crippen LogP contribution in [-0.4, -0.2) is 35.4 Å². The van der Waals surface area contributed by atoms with E-state index >= 15 is 0 Å². The first-order valence-corrected chi connectivity index (χ1v) is 7.19. The summed E-state index contributed by atoms with van der Waals surface area (Å²) in [5.74, 6) is 0.328. The molecule has 0 radical (unpaired) electrons. The Kier molecular flexibility index (Phi) is 5.22. The minimum Gasteiger partial charge on any atom is -0.388 e. The smallest absolute Gasteiger partial charge is 0.135 e. The molecule has 1 aromatic rings. The fraction of sp³-hybridized carbons (Fsp3) is 0.500. The van der Waals surface area contributed by atoms with E-state index in [0.29, 0.717) is 40.7 Å². The third-order valence-electron chi connectivity index (χ3n) is 3.45. The van der Waals surface area contributed by atoms with Crippen LogP contribution in [0.15, 0.2) is 18.2 Å². The number of Topliss-reactive ketones (excluding diaryl/α,β-unsaturated/α-hetero) is 1. The summed E-state index contributed by atoms with van der Waals surface area (Å²) >= 11 is 12.0. The highest BCUT2D eigenvalue weighted by atomic mass is 35.5. The van der Waals surface area contributed by atoms with Crippen LogP contribution in [0.2, 0.25) is 10.0 Å². The van der Waals surface area contributed by atoms with Gasteiger partial charge in [-0.05, 0) is 24.6 Å². The number of halogens is 2. The van der Waals surface area contributed by atoms with Crippen molar-refractivity contribution < 1.29 is 9.90 Å². The molecule has 1 aliphatic heterocycles. The highest BCUT2D eigenvalue weighted by Crippen LogP contribution is 2.28. The van der Waals surface area contributed by atoms with Gasteiger partial charge in [0.25, 0.3) is 0 Å². The normalized spacial score (nSPS) is 18.6. The molecule has 2 rings (SSSR count). The van der Waals surface area contributed by atoms with Crippen LogP contribution < -0.4 is 0 Å². The Hall–Kier alpha value is -0.610. The minimum absolute atomic E-state index is 0.328. The number of carbonyl (C=O) groups excluding carboxylic acids is 1. The number of aliphatic hydroxyl groups is 1. The maximum absolute atomic E-state index is 11.1. The number of aliphatic hydroxyl groups excluding tert-OH is 1. The van der Waals surface area contributed by atoms with Gasteiger partial charge in [0.1, 0.15) is 5.78 Å². The molecule has 19 heavy (non-hydrogen) atoms. The lowest BCUT2D eigenvalue weighted by atomic mass is 10.0. The van der Waals surface area contributed by atoms with Crippen LogP contribution in [0.3, 0.4) is 0 Å². The molecule has 104 valence electrons. The zero-order chi connectivity index (χ0) is 13.8. The van der Waals surface area contributed by atoms with Crippen molar-refractivity contribution in [1.82, 2.24) is 4.90 Å². The predicted molar refractivity (Wildman–Crippen MR) is 76.7 cm³/mol. The molecule has 1 fully saturated rings. The van der Waals surface area contributed by atoms with Crippen LogP contribution >= 0.6 is 23.2 Å². The second kappa shape index (κ2) is 6.71. The molecule has 1 saturated heterocycles. The molecule has 1 unspecified atom stereocenters. The van der Waals surface area contributed by atoms with E-state index in [1.54, 1.807) is 18.2 Å². The Morgan fingerprint density at radius 3 is 2.63 bits per heavy atom. The average Bonchev–Trinajstić information content (AvgIpc) is 2.40. The topological polar surface area (TPSA) is 40.5 Å². The Morgan fingerprint density at radius 2 is 1.95 bits per heavy atom. The lowest BCUT2D eigenvalue weighted by Gasteiger charge is -2.26. The van der Waals surface area contributed by atoms with E-state index in [9.17, 15) is 9.90 Å². The largest absolute Gasteiger partial charge is 0.388 e. The van der Waals surface area contributed by atoms with Gasteiger partial charge in [-0.15, -0.1) is 0 Å². The number of ketones is 1. The molecule has 1 heterocycles. The number of nitrogens with zero attached hydrogens (tertiary/aromatic N) is 1. The zero-order valence-electron chi connectivity index (χ0n) is 10.6. The fourth-order valence-corrected chi connectivity index (χ4v) is 2.68. The lowest BCUT2D eigenvalue weighted by molar-refractivity contribution is -0.121. The van der Waals surface area contributed by atoms with Crippen LogP contribution in [-0.2, 0) is 4.79 Å². The van der Waals surface area contributed by atoms with Gasteiger partial charge in [-0.25, -0.2) is 0 Å². The molecule has 0 aromatic heterocycles. The van der Waals surface area contributed by atoms with Gasteiger partial charge in [0.15, 0.2) is 0 Å². The van der Waals surface area contributed by atoms with Crippen molar-refractivity contribution in [1.29, 1.82) is 0 Å². The van der Waals surface area contributed by atoms with Crippen molar-refractivity contribution in [2.45, 2.75) is 25.4 Å². The van der Waals surface area contributed by atoms with Gasteiger partial charge >= 0.3 is 0 Å². The van der Waals surface area contributed by atoms with Crippen LogP contribution in [0.4, 0.5) is 0 Å². The predicted octanol–water partition coefficient (Wildman–Crippen LogP) is 3.08. The lowest BCUT2D eigenvalue weighted by Crippen LogP contribution is -2.35. The van der Waals surface area contributed by atoms with Gasteiger partial charge in [0, 0.05) is 48.1 Å². The number of hydrogen-bond donors (Lipinski definition) is 1. The first-order chi connectivity index (χ1) is 9.06. The average molecular weight is 302 g/mol. The van der Waals surface area contributed by atoms with Crippen molar-refractivity contribution >= 4 is 29.0 Å². The fourth-order valence-electron chi connectivity index (χ4n) is 2.26. The van der Waals surface area contributed by atoms with Crippen molar-refractivity contribution in [3.8, 4) is 0 Å². The first-order valence-electron chi connectivity index (χ1n) is 6.43. The summed E-state index contributed by atoms with van der Waals surface area (Å²) in [5, 5.41) is 11.3. The van der Waals surface area contributed by atoms with Gasteiger partial charge in [0.2, 0.25) is 0 Å². The third kappa shape index (κ3) is 4.18. The molecule has 1 atom stereocenters. The summed E-state index contributed by atoms with van der Waals surface area (Å²) in [6.07, 6.45) is 1.21.